The van der Waals surface area contributed by atoms with Crippen LogP contribution in [0.15, 0.2) is 18.0 Å². The molecule has 0 radical (unpaired) electrons. The molecule has 0 aliphatic carbocycles. The Kier molecular flexibility index (Phi) is 2.80. The van der Waals surface area contributed by atoms with E-state index in [9.17, 15) is 4.79 Å². The lowest BCUT2D eigenvalue weighted by molar-refractivity contribution is -0.104. The summed E-state index contributed by atoms with van der Waals surface area (Å²) in [5.74, 6) is 0. The van der Waals surface area contributed by atoms with Crippen molar-refractivity contribution in [2.45, 2.75) is 13.3 Å². The molecule has 12 heavy (non-hydrogen) atoms. The van der Waals surface area contributed by atoms with Crippen LogP contribution in [0.1, 0.15) is 18.9 Å². The Labute approximate surface area is 71.7 Å². The van der Waals surface area contributed by atoms with Gasteiger partial charge in [-0.1, -0.05) is 6.92 Å². The van der Waals surface area contributed by atoms with E-state index in [4.69, 9.17) is 0 Å². The molecule has 1 heterocycles. The van der Waals surface area contributed by atoms with Gasteiger partial charge in [-0.3, -0.25) is 9.48 Å². The normalized spacial score (nSPS) is 11.7. The summed E-state index contributed by atoms with van der Waals surface area (Å²) in [4.78, 5) is 10.5. The molecule has 0 amide bonds. The fourth-order valence-corrected chi connectivity index (χ4v) is 0.948. The standard InChI is InChI=1S/C9H12N2O/c1-3-8(7-12)4-9-5-10-11(2)6-9/h4-7H,3H2,1-2H3. The maximum atomic E-state index is 10.5. The summed E-state index contributed by atoms with van der Waals surface area (Å²) in [5.41, 5.74) is 1.77. The maximum Gasteiger partial charge on any atom is 0.146 e. The summed E-state index contributed by atoms with van der Waals surface area (Å²) in [7, 11) is 1.85. The van der Waals surface area contributed by atoms with Gasteiger partial charge in [-0.05, 0) is 18.1 Å². The van der Waals surface area contributed by atoms with E-state index in [1.54, 1.807) is 10.9 Å². The fourth-order valence-electron chi connectivity index (χ4n) is 0.948. The predicted molar refractivity (Wildman–Crippen MR) is 47.5 cm³/mol. The summed E-state index contributed by atoms with van der Waals surface area (Å²) < 4.78 is 1.71. The van der Waals surface area contributed by atoms with E-state index in [0.717, 1.165) is 23.8 Å². The van der Waals surface area contributed by atoms with E-state index in [0.29, 0.717) is 0 Å². The van der Waals surface area contributed by atoms with Gasteiger partial charge in [-0.25, -0.2) is 0 Å². The van der Waals surface area contributed by atoms with E-state index in [-0.39, 0.29) is 0 Å². The average molecular weight is 164 g/mol. The van der Waals surface area contributed by atoms with Crippen LogP contribution in [0.5, 0.6) is 0 Å². The fraction of sp³-hybridized carbons (Fsp3) is 0.333. The molecule has 0 aromatic carbocycles. The van der Waals surface area contributed by atoms with E-state index in [2.05, 4.69) is 5.10 Å². The highest BCUT2D eigenvalue weighted by Crippen LogP contribution is 2.05. The molecule has 1 aromatic heterocycles. The Morgan fingerprint density at radius 1 is 1.75 bits per heavy atom. The van der Waals surface area contributed by atoms with Gasteiger partial charge in [0.25, 0.3) is 0 Å². The van der Waals surface area contributed by atoms with Gasteiger partial charge in [0.1, 0.15) is 6.29 Å². The van der Waals surface area contributed by atoms with Gasteiger partial charge in [0, 0.05) is 18.8 Å². The van der Waals surface area contributed by atoms with Gasteiger partial charge in [-0.2, -0.15) is 5.10 Å². The Balaban J connectivity index is 2.85. The number of aromatic nitrogens is 2. The molecule has 0 unspecified atom stereocenters. The molecular weight excluding hydrogens is 152 g/mol. The number of carbonyl (C=O) groups is 1. The van der Waals surface area contributed by atoms with Crippen LogP contribution in [0, 0.1) is 0 Å². The van der Waals surface area contributed by atoms with Crippen LogP contribution in [0.4, 0.5) is 0 Å². The number of hydrogen-bond donors (Lipinski definition) is 0. The molecule has 0 atom stereocenters. The molecule has 0 fully saturated rings. The summed E-state index contributed by atoms with van der Waals surface area (Å²) >= 11 is 0. The average Bonchev–Trinajstić information content (AvgIpc) is 2.47. The van der Waals surface area contributed by atoms with Crippen molar-refractivity contribution in [2.24, 2.45) is 7.05 Å². The molecule has 0 bridgehead atoms. The second kappa shape index (κ2) is 3.85. The largest absolute Gasteiger partial charge is 0.298 e. The minimum atomic E-state index is 0.762. The monoisotopic (exact) mass is 164 g/mol. The van der Waals surface area contributed by atoms with Crippen molar-refractivity contribution in [2.75, 3.05) is 0 Å². The minimum Gasteiger partial charge on any atom is -0.298 e. The molecule has 0 aliphatic heterocycles. The first-order chi connectivity index (χ1) is 5.76. The van der Waals surface area contributed by atoms with Gasteiger partial charge in [0.05, 0.1) is 6.20 Å². The zero-order valence-corrected chi connectivity index (χ0v) is 7.32. The molecule has 64 valence electrons. The van der Waals surface area contributed by atoms with Crippen LogP contribution in [-0.4, -0.2) is 16.1 Å². The quantitative estimate of drug-likeness (QED) is 0.500. The Morgan fingerprint density at radius 2 is 2.50 bits per heavy atom. The topological polar surface area (TPSA) is 34.9 Å². The molecule has 3 nitrogen and oxygen atoms in total. The lowest BCUT2D eigenvalue weighted by atomic mass is 10.2. The number of aryl methyl sites for hydroxylation is 1. The highest BCUT2D eigenvalue weighted by molar-refractivity contribution is 5.81. The van der Waals surface area contributed by atoms with E-state index in [1.165, 1.54) is 0 Å². The Morgan fingerprint density at radius 3 is 2.92 bits per heavy atom. The molecule has 0 saturated heterocycles. The van der Waals surface area contributed by atoms with Crippen molar-refractivity contribution in [1.29, 1.82) is 0 Å². The van der Waals surface area contributed by atoms with Crippen molar-refractivity contribution in [3.05, 3.63) is 23.5 Å². The second-order valence-corrected chi connectivity index (χ2v) is 2.64. The number of hydrogen-bond acceptors (Lipinski definition) is 2. The van der Waals surface area contributed by atoms with E-state index >= 15 is 0 Å². The van der Waals surface area contributed by atoms with Gasteiger partial charge >= 0.3 is 0 Å². The van der Waals surface area contributed by atoms with E-state index < -0.39 is 0 Å². The van der Waals surface area contributed by atoms with Crippen LogP contribution in [0.3, 0.4) is 0 Å². The van der Waals surface area contributed by atoms with Gasteiger partial charge in [0.2, 0.25) is 0 Å². The number of rotatable bonds is 3. The molecule has 0 saturated carbocycles. The Bertz CT molecular complexity index is 299. The number of aldehydes is 1. The van der Waals surface area contributed by atoms with Gasteiger partial charge in [-0.15, -0.1) is 0 Å². The summed E-state index contributed by atoms with van der Waals surface area (Å²) in [6.07, 6.45) is 7.10. The van der Waals surface area contributed by atoms with Crippen molar-refractivity contribution in [3.8, 4) is 0 Å². The lowest BCUT2D eigenvalue weighted by Gasteiger charge is -1.89. The number of nitrogens with zero attached hydrogens (tertiary/aromatic N) is 2. The van der Waals surface area contributed by atoms with Crippen LogP contribution in [-0.2, 0) is 11.8 Å². The first kappa shape index (κ1) is 8.71. The molecule has 1 aromatic rings. The molecular formula is C9H12N2O. The first-order valence-electron chi connectivity index (χ1n) is 3.90. The van der Waals surface area contributed by atoms with Gasteiger partial charge in [0.15, 0.2) is 0 Å². The van der Waals surface area contributed by atoms with Crippen LogP contribution in [0.25, 0.3) is 6.08 Å². The predicted octanol–water partition coefficient (Wildman–Crippen LogP) is 1.41. The maximum absolute atomic E-state index is 10.5. The second-order valence-electron chi connectivity index (χ2n) is 2.64. The Hall–Kier alpha value is -1.38. The van der Waals surface area contributed by atoms with Crippen LogP contribution >= 0.6 is 0 Å². The van der Waals surface area contributed by atoms with Crippen LogP contribution in [0.2, 0.25) is 0 Å². The third-order valence-corrected chi connectivity index (χ3v) is 1.64. The summed E-state index contributed by atoms with van der Waals surface area (Å²) in [6, 6.07) is 0. The SMILES string of the molecule is CCC(C=O)=Cc1cnn(C)c1. The molecule has 0 N–H and O–H groups in total. The third-order valence-electron chi connectivity index (χ3n) is 1.64. The number of carbonyl (C=O) groups excluding carboxylic acids is 1. The van der Waals surface area contributed by atoms with Crippen molar-refractivity contribution < 1.29 is 4.79 Å². The lowest BCUT2D eigenvalue weighted by Crippen LogP contribution is -1.84. The molecule has 1 rings (SSSR count). The molecule has 0 spiro atoms. The van der Waals surface area contributed by atoms with Crippen molar-refractivity contribution in [3.63, 3.8) is 0 Å². The zero-order valence-electron chi connectivity index (χ0n) is 7.32. The highest BCUT2D eigenvalue weighted by atomic mass is 16.1. The van der Waals surface area contributed by atoms with Crippen molar-refractivity contribution in [1.82, 2.24) is 9.78 Å². The summed E-state index contributed by atoms with van der Waals surface area (Å²) in [6.45, 7) is 1.95. The van der Waals surface area contributed by atoms with E-state index in [1.807, 2.05) is 26.2 Å². The minimum absolute atomic E-state index is 0.762. The smallest absolute Gasteiger partial charge is 0.146 e. The third kappa shape index (κ3) is 2.05. The summed E-state index contributed by atoms with van der Waals surface area (Å²) in [5, 5.41) is 3.99. The number of allylic oxidation sites excluding steroid dienone is 1. The zero-order chi connectivity index (χ0) is 8.97. The molecule has 0 aliphatic rings. The highest BCUT2D eigenvalue weighted by Gasteiger charge is 1.94. The van der Waals surface area contributed by atoms with Crippen LogP contribution < -0.4 is 0 Å². The molecule has 3 heteroatoms. The van der Waals surface area contributed by atoms with Crippen molar-refractivity contribution >= 4 is 12.4 Å². The van der Waals surface area contributed by atoms with Gasteiger partial charge < -0.3 is 0 Å². The first-order valence-corrected chi connectivity index (χ1v) is 3.90.